The molecule has 2 fully saturated rings. The summed E-state index contributed by atoms with van der Waals surface area (Å²) in [6.45, 7) is 4.81. The van der Waals surface area contributed by atoms with E-state index in [4.69, 9.17) is 0 Å². The van der Waals surface area contributed by atoms with Gasteiger partial charge in [-0.15, -0.1) is 0 Å². The van der Waals surface area contributed by atoms with Gasteiger partial charge in [0.15, 0.2) is 0 Å². The lowest BCUT2D eigenvalue weighted by Gasteiger charge is -2.35. The first-order chi connectivity index (χ1) is 4.83. The monoisotopic (exact) mass is 138 g/mol. The molecule has 0 bridgehead atoms. The molecule has 0 spiro atoms. The molecule has 4 atom stereocenters. The molecule has 0 nitrogen and oxygen atoms in total. The smallest absolute Gasteiger partial charge is 0.0355 e. The van der Waals surface area contributed by atoms with Crippen LogP contribution in [0.4, 0.5) is 0 Å². The van der Waals surface area contributed by atoms with Crippen LogP contribution in [0.3, 0.4) is 0 Å². The first-order valence-corrected chi connectivity index (χ1v) is 4.83. The van der Waals surface area contributed by atoms with Gasteiger partial charge in [-0.2, -0.15) is 0 Å². The Labute approximate surface area is 64.0 Å². The summed E-state index contributed by atoms with van der Waals surface area (Å²) in [6.07, 6.45) is 6.06. The Morgan fingerprint density at radius 1 is 1.20 bits per heavy atom. The molecule has 0 aromatic heterocycles. The minimum absolute atomic E-state index is 1.06. The third-order valence-electron chi connectivity index (χ3n) is 3.92. The maximum Gasteiger partial charge on any atom is -0.0355 e. The minimum atomic E-state index is 1.06. The molecule has 2 rings (SSSR count). The van der Waals surface area contributed by atoms with Crippen LogP contribution in [0.1, 0.15) is 39.5 Å². The molecule has 0 radical (unpaired) electrons. The molecule has 0 N–H and O–H groups in total. The molecule has 58 valence electrons. The molecule has 2 aliphatic rings. The highest BCUT2D eigenvalue weighted by Gasteiger charge is 2.45. The van der Waals surface area contributed by atoms with Crippen LogP contribution in [-0.2, 0) is 0 Å². The van der Waals surface area contributed by atoms with Gasteiger partial charge in [0, 0.05) is 0 Å². The van der Waals surface area contributed by atoms with E-state index in [0.717, 1.165) is 23.7 Å². The van der Waals surface area contributed by atoms with Gasteiger partial charge in [0.1, 0.15) is 0 Å². The fourth-order valence-corrected chi connectivity index (χ4v) is 3.14. The number of fused-ring (bicyclic) bond motifs is 1. The molecular formula is C10H18. The summed E-state index contributed by atoms with van der Waals surface area (Å²) < 4.78 is 0. The molecule has 4 unspecified atom stereocenters. The van der Waals surface area contributed by atoms with E-state index in [1.54, 1.807) is 12.8 Å². The van der Waals surface area contributed by atoms with E-state index in [-0.39, 0.29) is 0 Å². The normalized spacial score (nSPS) is 52.2. The fraction of sp³-hybridized carbons (Fsp3) is 1.00. The molecule has 0 heteroatoms. The van der Waals surface area contributed by atoms with Crippen molar-refractivity contribution in [3.05, 3.63) is 0 Å². The summed E-state index contributed by atoms with van der Waals surface area (Å²) in [7, 11) is 0. The van der Waals surface area contributed by atoms with Gasteiger partial charge in [0.05, 0.1) is 0 Å². The molecule has 0 aromatic rings. The van der Waals surface area contributed by atoms with E-state index in [9.17, 15) is 0 Å². The summed E-state index contributed by atoms with van der Waals surface area (Å²) in [4.78, 5) is 0. The van der Waals surface area contributed by atoms with E-state index in [2.05, 4.69) is 13.8 Å². The molecule has 2 saturated carbocycles. The number of rotatable bonds is 1. The van der Waals surface area contributed by atoms with Crippen molar-refractivity contribution in [1.82, 2.24) is 0 Å². The Morgan fingerprint density at radius 2 is 1.90 bits per heavy atom. The van der Waals surface area contributed by atoms with Crippen molar-refractivity contribution in [2.75, 3.05) is 0 Å². The largest absolute Gasteiger partial charge is 0.0651 e. The number of hydrogen-bond donors (Lipinski definition) is 0. The van der Waals surface area contributed by atoms with Crippen LogP contribution in [0.15, 0.2) is 0 Å². The summed E-state index contributed by atoms with van der Waals surface area (Å²) in [5.41, 5.74) is 0. The fourth-order valence-electron chi connectivity index (χ4n) is 3.14. The van der Waals surface area contributed by atoms with Crippen LogP contribution in [0, 0.1) is 23.7 Å². The van der Waals surface area contributed by atoms with Crippen molar-refractivity contribution in [1.29, 1.82) is 0 Å². The molecule has 2 aliphatic carbocycles. The standard InChI is InChI=1S/C10H18/c1-3-8-6-7(2)9-4-5-10(8)9/h7-10H,3-6H2,1-2H3. The van der Waals surface area contributed by atoms with Crippen LogP contribution in [0.25, 0.3) is 0 Å². The number of hydrogen-bond acceptors (Lipinski definition) is 0. The highest BCUT2D eigenvalue weighted by atomic mass is 14.5. The van der Waals surface area contributed by atoms with Gasteiger partial charge in [0.2, 0.25) is 0 Å². The molecule has 10 heavy (non-hydrogen) atoms. The second-order valence-electron chi connectivity index (χ2n) is 4.29. The van der Waals surface area contributed by atoms with E-state index in [1.807, 2.05) is 0 Å². The SMILES string of the molecule is CCC1CC(C)C2CCC12. The van der Waals surface area contributed by atoms with Gasteiger partial charge in [0.25, 0.3) is 0 Å². The maximum atomic E-state index is 2.45. The lowest BCUT2D eigenvalue weighted by molar-refractivity contribution is 0.146. The molecular weight excluding hydrogens is 120 g/mol. The van der Waals surface area contributed by atoms with Gasteiger partial charge in [-0.05, 0) is 42.9 Å². The lowest BCUT2D eigenvalue weighted by atomic mass is 9.70. The van der Waals surface area contributed by atoms with Crippen molar-refractivity contribution >= 4 is 0 Å². The van der Waals surface area contributed by atoms with E-state index in [0.29, 0.717) is 0 Å². The van der Waals surface area contributed by atoms with Crippen LogP contribution in [-0.4, -0.2) is 0 Å². The zero-order chi connectivity index (χ0) is 7.14. The van der Waals surface area contributed by atoms with Crippen molar-refractivity contribution in [3.63, 3.8) is 0 Å². The topological polar surface area (TPSA) is 0 Å². The first-order valence-electron chi connectivity index (χ1n) is 4.83. The summed E-state index contributed by atoms with van der Waals surface area (Å²) in [5, 5.41) is 0. The average molecular weight is 138 g/mol. The Hall–Kier alpha value is 0. The summed E-state index contributed by atoms with van der Waals surface area (Å²) >= 11 is 0. The Kier molecular flexibility index (Phi) is 1.51. The van der Waals surface area contributed by atoms with E-state index >= 15 is 0 Å². The van der Waals surface area contributed by atoms with E-state index in [1.165, 1.54) is 12.8 Å². The minimum Gasteiger partial charge on any atom is -0.0651 e. The summed E-state index contributed by atoms with van der Waals surface area (Å²) in [6, 6.07) is 0. The first kappa shape index (κ1) is 6.69. The Balaban J connectivity index is 2.02. The second-order valence-corrected chi connectivity index (χ2v) is 4.29. The predicted molar refractivity (Wildman–Crippen MR) is 43.8 cm³/mol. The third-order valence-corrected chi connectivity index (χ3v) is 3.92. The molecule has 0 saturated heterocycles. The summed E-state index contributed by atoms with van der Waals surface area (Å²) in [5.74, 6) is 4.46. The zero-order valence-corrected chi connectivity index (χ0v) is 7.14. The van der Waals surface area contributed by atoms with Gasteiger partial charge in [-0.25, -0.2) is 0 Å². The van der Waals surface area contributed by atoms with Gasteiger partial charge >= 0.3 is 0 Å². The molecule has 0 aromatic carbocycles. The van der Waals surface area contributed by atoms with Crippen LogP contribution < -0.4 is 0 Å². The van der Waals surface area contributed by atoms with Gasteiger partial charge in [-0.1, -0.05) is 20.3 Å². The van der Waals surface area contributed by atoms with Crippen LogP contribution in [0.5, 0.6) is 0 Å². The van der Waals surface area contributed by atoms with Crippen molar-refractivity contribution in [2.24, 2.45) is 23.7 Å². The quantitative estimate of drug-likeness (QED) is 0.522. The van der Waals surface area contributed by atoms with Gasteiger partial charge < -0.3 is 0 Å². The maximum absolute atomic E-state index is 2.45. The predicted octanol–water partition coefficient (Wildman–Crippen LogP) is 3.08. The highest BCUT2D eigenvalue weighted by molar-refractivity contribution is 4.94. The van der Waals surface area contributed by atoms with Crippen molar-refractivity contribution < 1.29 is 0 Å². The highest BCUT2D eigenvalue weighted by Crippen LogP contribution is 2.54. The third kappa shape index (κ3) is 0.741. The molecule has 0 amide bonds. The molecule has 0 heterocycles. The molecule has 0 aliphatic heterocycles. The van der Waals surface area contributed by atoms with Crippen LogP contribution >= 0.6 is 0 Å². The zero-order valence-electron chi connectivity index (χ0n) is 7.14. The Morgan fingerprint density at radius 3 is 2.20 bits per heavy atom. The second kappa shape index (κ2) is 2.25. The average Bonchev–Trinajstić information content (AvgIpc) is 2.02. The van der Waals surface area contributed by atoms with Crippen molar-refractivity contribution in [2.45, 2.75) is 39.5 Å². The van der Waals surface area contributed by atoms with Gasteiger partial charge in [-0.3, -0.25) is 0 Å². The Bertz CT molecular complexity index is 126. The van der Waals surface area contributed by atoms with Crippen molar-refractivity contribution in [3.8, 4) is 0 Å². The van der Waals surface area contributed by atoms with E-state index < -0.39 is 0 Å². The van der Waals surface area contributed by atoms with Crippen LogP contribution in [0.2, 0.25) is 0 Å². The lowest BCUT2D eigenvalue weighted by Crippen LogP contribution is -2.26.